The van der Waals surface area contributed by atoms with Gasteiger partial charge >= 0.3 is 12.1 Å². The second-order valence-corrected chi connectivity index (χ2v) is 8.80. The Morgan fingerprint density at radius 1 is 1.06 bits per heavy atom. The van der Waals surface area contributed by atoms with Crippen LogP contribution in [0.4, 0.5) is 17.6 Å². The Bertz CT molecular complexity index is 1260. The topological polar surface area (TPSA) is 78.3 Å². The monoisotopic (exact) mass is 456 g/mol. The minimum atomic E-state index is -5.01. The third-order valence-corrected chi connectivity index (χ3v) is 5.48. The zero-order chi connectivity index (χ0) is 23.1. The fourth-order valence-electron chi connectivity index (χ4n) is 2.92. The van der Waals surface area contributed by atoms with E-state index in [1.807, 2.05) is 0 Å². The molecule has 0 amide bonds. The number of sulfone groups is 1. The standard InChI is InChI=1S/C20H16F4N2O4S/c1-11-4-5-14(10-16(11)21)17-18(13-6-8-15(9-7-13)31(3,28)29)25-26(30-12(2)27)19(17)20(22,23)24/h4-10H,1-3H3. The second-order valence-electron chi connectivity index (χ2n) is 6.79. The summed E-state index contributed by atoms with van der Waals surface area (Å²) in [5, 5.41) is 3.79. The molecule has 3 rings (SSSR count). The molecule has 0 fully saturated rings. The molecular weight excluding hydrogens is 440 g/mol. The molecule has 0 saturated heterocycles. The molecule has 1 heterocycles. The molecule has 0 radical (unpaired) electrons. The van der Waals surface area contributed by atoms with E-state index in [1.165, 1.54) is 43.3 Å². The summed E-state index contributed by atoms with van der Waals surface area (Å²) in [5.41, 5.74) is -2.00. The van der Waals surface area contributed by atoms with E-state index in [4.69, 9.17) is 0 Å². The Labute approximate surface area is 174 Å². The minimum Gasteiger partial charge on any atom is -0.319 e. The zero-order valence-electron chi connectivity index (χ0n) is 16.5. The highest BCUT2D eigenvalue weighted by Gasteiger charge is 2.42. The lowest BCUT2D eigenvalue weighted by Crippen LogP contribution is -2.24. The molecule has 164 valence electrons. The van der Waals surface area contributed by atoms with E-state index in [-0.39, 0.29) is 32.1 Å². The van der Waals surface area contributed by atoms with Gasteiger partial charge in [0, 0.05) is 24.3 Å². The molecule has 6 nitrogen and oxygen atoms in total. The van der Waals surface area contributed by atoms with Crippen molar-refractivity contribution >= 4 is 15.8 Å². The van der Waals surface area contributed by atoms with Crippen LogP contribution in [0.1, 0.15) is 18.2 Å². The third-order valence-electron chi connectivity index (χ3n) is 4.36. The average Bonchev–Trinajstić information content (AvgIpc) is 3.02. The van der Waals surface area contributed by atoms with Crippen LogP contribution < -0.4 is 4.84 Å². The average molecular weight is 456 g/mol. The van der Waals surface area contributed by atoms with Gasteiger partial charge in [-0.2, -0.15) is 13.2 Å². The first-order valence-electron chi connectivity index (χ1n) is 8.75. The highest BCUT2D eigenvalue weighted by atomic mass is 32.2. The van der Waals surface area contributed by atoms with E-state index < -0.39 is 39.1 Å². The lowest BCUT2D eigenvalue weighted by Gasteiger charge is -2.12. The maximum atomic E-state index is 14.2. The zero-order valence-corrected chi connectivity index (χ0v) is 17.3. The Morgan fingerprint density at radius 3 is 2.13 bits per heavy atom. The summed E-state index contributed by atoms with van der Waals surface area (Å²) in [4.78, 5) is 16.0. The quantitative estimate of drug-likeness (QED) is 0.554. The second kappa shape index (κ2) is 7.80. The molecule has 0 bridgehead atoms. The van der Waals surface area contributed by atoms with Gasteiger partial charge in [-0.1, -0.05) is 29.1 Å². The molecule has 0 atom stereocenters. The van der Waals surface area contributed by atoms with Crippen LogP contribution >= 0.6 is 0 Å². The van der Waals surface area contributed by atoms with Gasteiger partial charge in [0.2, 0.25) is 0 Å². The molecule has 31 heavy (non-hydrogen) atoms. The van der Waals surface area contributed by atoms with Crippen molar-refractivity contribution < 1.29 is 35.6 Å². The summed E-state index contributed by atoms with van der Waals surface area (Å²) in [7, 11) is -3.54. The molecule has 0 aliphatic rings. The number of hydrogen-bond acceptors (Lipinski definition) is 5. The molecule has 0 aliphatic carbocycles. The number of carbonyl (C=O) groups is 1. The van der Waals surface area contributed by atoms with Gasteiger partial charge in [-0.3, -0.25) is 0 Å². The summed E-state index contributed by atoms with van der Waals surface area (Å²) in [6, 6.07) is 8.48. The van der Waals surface area contributed by atoms with Crippen molar-refractivity contribution in [3.8, 4) is 22.4 Å². The van der Waals surface area contributed by atoms with E-state index in [0.29, 0.717) is 0 Å². The van der Waals surface area contributed by atoms with Gasteiger partial charge in [0.25, 0.3) is 0 Å². The molecule has 11 heteroatoms. The molecule has 1 aromatic heterocycles. The summed E-state index contributed by atoms with van der Waals surface area (Å²) in [5.74, 6) is -1.78. The van der Waals surface area contributed by atoms with Crippen LogP contribution in [0.5, 0.6) is 0 Å². The van der Waals surface area contributed by atoms with E-state index in [9.17, 15) is 30.8 Å². The number of carbonyl (C=O) groups excluding carboxylic acids is 1. The van der Waals surface area contributed by atoms with Crippen molar-refractivity contribution in [2.75, 3.05) is 6.26 Å². The van der Waals surface area contributed by atoms with Crippen LogP contribution in [0.25, 0.3) is 22.4 Å². The number of alkyl halides is 3. The van der Waals surface area contributed by atoms with Gasteiger partial charge < -0.3 is 4.84 Å². The van der Waals surface area contributed by atoms with E-state index >= 15 is 0 Å². The Balaban J connectivity index is 2.35. The van der Waals surface area contributed by atoms with Gasteiger partial charge in [0.05, 0.1) is 4.90 Å². The number of hydrogen-bond donors (Lipinski definition) is 0. The third kappa shape index (κ3) is 4.61. The van der Waals surface area contributed by atoms with Crippen molar-refractivity contribution in [3.05, 3.63) is 59.5 Å². The van der Waals surface area contributed by atoms with Crippen molar-refractivity contribution in [3.63, 3.8) is 0 Å². The van der Waals surface area contributed by atoms with Gasteiger partial charge in [0.1, 0.15) is 11.5 Å². The number of aromatic nitrogens is 2. The van der Waals surface area contributed by atoms with Crippen LogP contribution in [0.3, 0.4) is 0 Å². The fraction of sp³-hybridized carbons (Fsp3) is 0.200. The summed E-state index contributed by atoms with van der Waals surface area (Å²) in [6.07, 6.45) is -4.02. The largest absolute Gasteiger partial charge is 0.437 e. The van der Waals surface area contributed by atoms with Crippen LogP contribution in [-0.4, -0.2) is 30.6 Å². The normalized spacial score (nSPS) is 12.1. The smallest absolute Gasteiger partial charge is 0.319 e. The lowest BCUT2D eigenvalue weighted by atomic mass is 9.97. The minimum absolute atomic E-state index is 0.0466. The Hall–Kier alpha value is -3.21. The number of benzene rings is 2. The van der Waals surface area contributed by atoms with E-state index in [1.54, 1.807) is 0 Å². The molecular formula is C20H16F4N2O4S. The SMILES string of the molecule is CC(=O)On1nc(-c2ccc(S(C)(=O)=O)cc2)c(-c2ccc(C)c(F)c2)c1C(F)(F)F. The Morgan fingerprint density at radius 2 is 1.65 bits per heavy atom. The van der Waals surface area contributed by atoms with Crippen molar-refractivity contribution in [2.45, 2.75) is 24.9 Å². The number of nitrogens with zero attached hydrogens (tertiary/aromatic N) is 2. The molecule has 0 N–H and O–H groups in total. The van der Waals surface area contributed by atoms with E-state index in [2.05, 4.69) is 9.94 Å². The predicted octanol–water partition coefficient (Wildman–Crippen LogP) is 4.06. The fourth-order valence-corrected chi connectivity index (χ4v) is 3.55. The molecule has 0 saturated carbocycles. The van der Waals surface area contributed by atoms with Crippen LogP contribution in [0, 0.1) is 12.7 Å². The van der Waals surface area contributed by atoms with Crippen molar-refractivity contribution in [1.29, 1.82) is 0 Å². The maximum absolute atomic E-state index is 14.2. The molecule has 3 aromatic rings. The maximum Gasteiger partial charge on any atom is 0.437 e. The number of rotatable bonds is 4. The molecule has 2 aromatic carbocycles. The summed E-state index contributed by atoms with van der Waals surface area (Å²) < 4.78 is 79.4. The molecule has 0 aliphatic heterocycles. The van der Waals surface area contributed by atoms with Gasteiger partial charge in [-0.15, -0.1) is 5.10 Å². The number of aryl methyl sites for hydroxylation is 1. The van der Waals surface area contributed by atoms with Gasteiger partial charge in [-0.05, 0) is 36.2 Å². The lowest BCUT2D eigenvalue weighted by molar-refractivity contribution is -0.161. The first-order valence-corrected chi connectivity index (χ1v) is 10.6. The summed E-state index contributed by atoms with van der Waals surface area (Å²) >= 11 is 0. The van der Waals surface area contributed by atoms with Gasteiger partial charge in [-0.25, -0.2) is 17.6 Å². The van der Waals surface area contributed by atoms with Crippen LogP contribution in [-0.2, 0) is 20.8 Å². The highest BCUT2D eigenvalue weighted by Crippen LogP contribution is 2.42. The first kappa shape index (κ1) is 22.5. The van der Waals surface area contributed by atoms with E-state index in [0.717, 1.165) is 19.2 Å². The first-order chi connectivity index (χ1) is 14.3. The van der Waals surface area contributed by atoms with Crippen LogP contribution in [0.15, 0.2) is 47.4 Å². The molecule has 0 unspecified atom stereocenters. The summed E-state index contributed by atoms with van der Waals surface area (Å²) in [6.45, 7) is 2.37. The number of halogens is 4. The van der Waals surface area contributed by atoms with Crippen LogP contribution in [0.2, 0.25) is 0 Å². The Kier molecular flexibility index (Phi) is 5.66. The van der Waals surface area contributed by atoms with Crippen molar-refractivity contribution in [1.82, 2.24) is 9.94 Å². The van der Waals surface area contributed by atoms with Crippen molar-refractivity contribution in [2.24, 2.45) is 0 Å². The van der Waals surface area contributed by atoms with Gasteiger partial charge in [0.15, 0.2) is 15.5 Å². The highest BCUT2D eigenvalue weighted by molar-refractivity contribution is 7.90. The predicted molar refractivity (Wildman–Crippen MR) is 103 cm³/mol. The molecule has 0 spiro atoms.